The Morgan fingerprint density at radius 2 is 1.90 bits per heavy atom. The van der Waals surface area contributed by atoms with Crippen LogP contribution >= 0.6 is 0 Å². The highest BCUT2D eigenvalue weighted by molar-refractivity contribution is 5.86. The van der Waals surface area contributed by atoms with Gasteiger partial charge in [0.1, 0.15) is 6.54 Å². The van der Waals surface area contributed by atoms with E-state index < -0.39 is 18.4 Å². The molecule has 1 heterocycles. The number of carbonyl (C=O) groups excluding carboxylic acids is 2. The van der Waals surface area contributed by atoms with Crippen LogP contribution in [0.5, 0.6) is 0 Å². The Morgan fingerprint density at radius 1 is 1.24 bits per heavy atom. The molecule has 0 spiro atoms. The van der Waals surface area contributed by atoms with Gasteiger partial charge in [-0.3, -0.25) is 9.59 Å². The van der Waals surface area contributed by atoms with E-state index in [1.54, 1.807) is 4.90 Å². The number of urea groups is 1. The minimum atomic E-state index is -1.12. The number of aliphatic carboxylic acids is 1. The van der Waals surface area contributed by atoms with Crippen molar-refractivity contribution in [2.75, 3.05) is 26.2 Å². The second kappa shape index (κ2) is 7.10. The third kappa shape index (κ3) is 5.85. The van der Waals surface area contributed by atoms with Crippen LogP contribution in [0.25, 0.3) is 0 Å². The summed E-state index contributed by atoms with van der Waals surface area (Å²) in [4.78, 5) is 35.1. The van der Waals surface area contributed by atoms with Gasteiger partial charge in [-0.1, -0.05) is 32.4 Å². The first-order valence-corrected chi connectivity index (χ1v) is 6.91. The van der Waals surface area contributed by atoms with Crippen LogP contribution in [-0.2, 0) is 9.59 Å². The first kappa shape index (κ1) is 17.0. The SMILES string of the molecule is CC(C)(C)C1=CCN(C(=O)NCC(=O)NCC(=O)O)CC1. The van der Waals surface area contributed by atoms with Crippen molar-refractivity contribution in [2.45, 2.75) is 27.2 Å². The van der Waals surface area contributed by atoms with Gasteiger partial charge in [-0.2, -0.15) is 0 Å². The molecule has 0 fully saturated rings. The van der Waals surface area contributed by atoms with E-state index in [1.165, 1.54) is 5.57 Å². The number of carboxylic acids is 1. The van der Waals surface area contributed by atoms with Crippen molar-refractivity contribution < 1.29 is 19.5 Å². The average molecular weight is 297 g/mol. The number of hydrogen-bond acceptors (Lipinski definition) is 3. The summed E-state index contributed by atoms with van der Waals surface area (Å²) in [5, 5.41) is 13.1. The third-order valence-corrected chi connectivity index (χ3v) is 3.30. The van der Waals surface area contributed by atoms with Crippen LogP contribution in [0.4, 0.5) is 4.79 Å². The molecule has 7 heteroatoms. The Morgan fingerprint density at radius 3 is 2.38 bits per heavy atom. The van der Waals surface area contributed by atoms with Crippen molar-refractivity contribution >= 4 is 17.9 Å². The monoisotopic (exact) mass is 297 g/mol. The zero-order valence-electron chi connectivity index (χ0n) is 12.7. The van der Waals surface area contributed by atoms with E-state index in [9.17, 15) is 14.4 Å². The molecular weight excluding hydrogens is 274 g/mol. The molecule has 0 aromatic carbocycles. The number of nitrogens with zero attached hydrogens (tertiary/aromatic N) is 1. The predicted octanol–water partition coefficient (Wildman–Crippen LogP) is 0.575. The molecule has 1 aliphatic rings. The molecule has 0 saturated carbocycles. The summed E-state index contributed by atoms with van der Waals surface area (Å²) in [5.41, 5.74) is 1.44. The van der Waals surface area contributed by atoms with Crippen LogP contribution in [0.2, 0.25) is 0 Å². The molecule has 3 amide bonds. The van der Waals surface area contributed by atoms with E-state index in [0.717, 1.165) is 6.42 Å². The molecule has 0 radical (unpaired) electrons. The van der Waals surface area contributed by atoms with E-state index in [4.69, 9.17) is 5.11 Å². The van der Waals surface area contributed by atoms with Gasteiger partial charge in [0, 0.05) is 13.1 Å². The molecule has 0 unspecified atom stereocenters. The maximum Gasteiger partial charge on any atom is 0.322 e. The van der Waals surface area contributed by atoms with E-state index in [0.29, 0.717) is 13.1 Å². The largest absolute Gasteiger partial charge is 0.480 e. The van der Waals surface area contributed by atoms with Gasteiger partial charge in [0.15, 0.2) is 0 Å². The van der Waals surface area contributed by atoms with Crippen molar-refractivity contribution in [1.82, 2.24) is 15.5 Å². The molecule has 0 aliphatic carbocycles. The van der Waals surface area contributed by atoms with Gasteiger partial charge in [0.25, 0.3) is 0 Å². The number of amides is 3. The van der Waals surface area contributed by atoms with E-state index >= 15 is 0 Å². The molecule has 21 heavy (non-hydrogen) atoms. The molecular formula is C14H23N3O4. The first-order valence-electron chi connectivity index (χ1n) is 6.91. The molecule has 0 saturated heterocycles. The van der Waals surface area contributed by atoms with E-state index in [1.807, 2.05) is 6.08 Å². The molecule has 0 bridgehead atoms. The summed E-state index contributed by atoms with van der Waals surface area (Å²) in [7, 11) is 0. The second-order valence-electron chi connectivity index (χ2n) is 6.00. The van der Waals surface area contributed by atoms with Gasteiger partial charge >= 0.3 is 12.0 Å². The molecule has 118 valence electrons. The van der Waals surface area contributed by atoms with Gasteiger partial charge < -0.3 is 20.6 Å². The summed E-state index contributed by atoms with van der Waals surface area (Å²) in [6.07, 6.45) is 2.87. The lowest BCUT2D eigenvalue weighted by Gasteiger charge is -2.32. The lowest BCUT2D eigenvalue weighted by atomic mass is 9.83. The number of nitrogens with one attached hydrogen (secondary N) is 2. The highest BCUT2D eigenvalue weighted by atomic mass is 16.4. The van der Waals surface area contributed by atoms with E-state index in [-0.39, 0.29) is 18.0 Å². The van der Waals surface area contributed by atoms with Crippen LogP contribution in [-0.4, -0.2) is 54.1 Å². The van der Waals surface area contributed by atoms with Crippen LogP contribution < -0.4 is 10.6 Å². The maximum absolute atomic E-state index is 11.9. The van der Waals surface area contributed by atoms with Gasteiger partial charge in [0.05, 0.1) is 6.54 Å². The van der Waals surface area contributed by atoms with Crippen molar-refractivity contribution in [1.29, 1.82) is 0 Å². The van der Waals surface area contributed by atoms with E-state index in [2.05, 4.69) is 31.4 Å². The fourth-order valence-electron chi connectivity index (χ4n) is 2.04. The standard InChI is InChI=1S/C14H23N3O4/c1-14(2,3)10-4-6-17(7-5-10)13(21)16-8-11(18)15-9-12(19)20/h4H,5-9H2,1-3H3,(H,15,18)(H,16,21)(H,19,20). The number of hydrogen-bond donors (Lipinski definition) is 3. The van der Waals surface area contributed by atoms with Gasteiger partial charge in [0.2, 0.25) is 5.91 Å². The van der Waals surface area contributed by atoms with Crippen LogP contribution in [0, 0.1) is 5.41 Å². The quantitative estimate of drug-likeness (QED) is 0.661. The summed E-state index contributed by atoms with van der Waals surface area (Å²) < 4.78 is 0. The fourth-order valence-corrected chi connectivity index (χ4v) is 2.04. The van der Waals surface area contributed by atoms with Crippen molar-refractivity contribution in [2.24, 2.45) is 5.41 Å². The Hall–Kier alpha value is -2.05. The predicted molar refractivity (Wildman–Crippen MR) is 77.8 cm³/mol. The first-order chi connectivity index (χ1) is 9.70. The normalized spacial score (nSPS) is 15.2. The second-order valence-corrected chi connectivity index (χ2v) is 6.00. The zero-order chi connectivity index (χ0) is 16.0. The zero-order valence-corrected chi connectivity index (χ0v) is 12.7. The maximum atomic E-state index is 11.9. The summed E-state index contributed by atoms with van der Waals surface area (Å²) in [5.74, 6) is -1.64. The van der Waals surface area contributed by atoms with Crippen molar-refractivity contribution in [3.05, 3.63) is 11.6 Å². The molecule has 1 aliphatic heterocycles. The Bertz CT molecular complexity index is 452. The number of rotatable bonds is 4. The summed E-state index contributed by atoms with van der Waals surface area (Å²) in [6.45, 7) is 6.89. The van der Waals surface area contributed by atoms with Gasteiger partial charge in [-0.15, -0.1) is 0 Å². The highest BCUT2D eigenvalue weighted by Gasteiger charge is 2.23. The Balaban J connectivity index is 2.36. The average Bonchev–Trinajstić information content (AvgIpc) is 2.41. The number of carboxylic acid groups (broad SMARTS) is 1. The van der Waals surface area contributed by atoms with Crippen LogP contribution in [0.3, 0.4) is 0 Å². The van der Waals surface area contributed by atoms with Crippen molar-refractivity contribution in [3.8, 4) is 0 Å². The fraction of sp³-hybridized carbons (Fsp3) is 0.643. The minimum Gasteiger partial charge on any atom is -0.480 e. The summed E-state index contributed by atoms with van der Waals surface area (Å²) >= 11 is 0. The molecule has 1 rings (SSSR count). The molecule has 0 aromatic heterocycles. The lowest BCUT2D eigenvalue weighted by Crippen LogP contribution is -2.46. The molecule has 7 nitrogen and oxygen atoms in total. The number of carbonyl (C=O) groups is 3. The van der Waals surface area contributed by atoms with Gasteiger partial charge in [-0.25, -0.2) is 4.79 Å². The van der Waals surface area contributed by atoms with Crippen LogP contribution in [0.15, 0.2) is 11.6 Å². The van der Waals surface area contributed by atoms with Crippen LogP contribution in [0.1, 0.15) is 27.2 Å². The lowest BCUT2D eigenvalue weighted by molar-refractivity contribution is -0.137. The smallest absolute Gasteiger partial charge is 0.322 e. The molecule has 0 atom stereocenters. The van der Waals surface area contributed by atoms with Crippen molar-refractivity contribution in [3.63, 3.8) is 0 Å². The Labute approximate surface area is 124 Å². The molecule has 3 N–H and O–H groups in total. The topological polar surface area (TPSA) is 98.7 Å². The summed E-state index contributed by atoms with van der Waals surface area (Å²) in [6, 6.07) is -0.315. The van der Waals surface area contributed by atoms with Gasteiger partial charge in [-0.05, 0) is 11.8 Å². The molecule has 0 aromatic rings. The Kier molecular flexibility index (Phi) is 5.75. The third-order valence-electron chi connectivity index (χ3n) is 3.30. The highest BCUT2D eigenvalue weighted by Crippen LogP contribution is 2.29. The minimum absolute atomic E-state index is 0.110.